The van der Waals surface area contributed by atoms with Crippen LogP contribution in [0.15, 0.2) is 15.4 Å². The SMILES string of the molecule is [CH2]C1N=NN=C1C. The monoisotopic (exact) mass is 96.1 g/mol. The molecule has 1 unspecified atom stereocenters. The summed E-state index contributed by atoms with van der Waals surface area (Å²) in [6, 6.07) is -0.0278. The van der Waals surface area contributed by atoms with Gasteiger partial charge in [-0.05, 0) is 19.1 Å². The van der Waals surface area contributed by atoms with Crippen LogP contribution in [0.1, 0.15) is 6.92 Å². The molecular weight excluding hydrogens is 90.1 g/mol. The summed E-state index contributed by atoms with van der Waals surface area (Å²) in [5.74, 6) is 0. The fraction of sp³-hybridized carbons (Fsp3) is 0.500. The Morgan fingerprint density at radius 3 is 2.57 bits per heavy atom. The van der Waals surface area contributed by atoms with Crippen molar-refractivity contribution in [1.82, 2.24) is 0 Å². The maximum absolute atomic E-state index is 3.63. The van der Waals surface area contributed by atoms with Crippen LogP contribution in [0.3, 0.4) is 0 Å². The Hall–Kier alpha value is -0.730. The van der Waals surface area contributed by atoms with E-state index in [9.17, 15) is 0 Å². The van der Waals surface area contributed by atoms with Gasteiger partial charge in [0.15, 0.2) is 0 Å². The van der Waals surface area contributed by atoms with Crippen LogP contribution in [-0.2, 0) is 0 Å². The first-order valence-electron chi connectivity index (χ1n) is 2.08. The van der Waals surface area contributed by atoms with E-state index in [1.165, 1.54) is 0 Å². The Bertz CT molecular complexity index is 125. The first kappa shape index (κ1) is 4.43. The van der Waals surface area contributed by atoms with Crippen LogP contribution in [0.4, 0.5) is 0 Å². The van der Waals surface area contributed by atoms with Crippen molar-refractivity contribution in [3.63, 3.8) is 0 Å². The van der Waals surface area contributed by atoms with Crippen LogP contribution >= 0.6 is 0 Å². The van der Waals surface area contributed by atoms with Crippen molar-refractivity contribution in [3.8, 4) is 0 Å². The summed E-state index contributed by atoms with van der Waals surface area (Å²) in [5.41, 5.74) is 0.889. The van der Waals surface area contributed by atoms with Gasteiger partial charge >= 0.3 is 0 Å². The lowest BCUT2D eigenvalue weighted by Gasteiger charge is -1.89. The Kier molecular flexibility index (Phi) is 0.889. The number of nitrogens with zero attached hydrogens (tertiary/aromatic N) is 3. The highest BCUT2D eigenvalue weighted by Crippen LogP contribution is 2.01. The lowest BCUT2D eigenvalue weighted by molar-refractivity contribution is 0.972. The highest BCUT2D eigenvalue weighted by Gasteiger charge is 2.06. The van der Waals surface area contributed by atoms with E-state index in [0.717, 1.165) is 5.71 Å². The third-order valence-electron chi connectivity index (χ3n) is 0.876. The molecule has 0 bridgehead atoms. The van der Waals surface area contributed by atoms with Gasteiger partial charge in [-0.15, -0.1) is 5.10 Å². The lowest BCUT2D eigenvalue weighted by atomic mass is 10.2. The Morgan fingerprint density at radius 1 is 1.71 bits per heavy atom. The minimum absolute atomic E-state index is 0.0278. The standard InChI is InChI=1S/C4H6N3/c1-3-4(2)6-7-5-3/h3H,1H2,2H3. The number of rotatable bonds is 0. The van der Waals surface area contributed by atoms with Gasteiger partial charge in [0.1, 0.15) is 6.04 Å². The lowest BCUT2D eigenvalue weighted by Crippen LogP contribution is -2.04. The first-order chi connectivity index (χ1) is 3.30. The molecule has 0 spiro atoms. The van der Waals surface area contributed by atoms with Crippen LogP contribution in [0.5, 0.6) is 0 Å². The molecule has 0 saturated heterocycles. The zero-order valence-corrected chi connectivity index (χ0v) is 4.13. The van der Waals surface area contributed by atoms with Crippen molar-refractivity contribution in [3.05, 3.63) is 6.92 Å². The molecule has 1 rings (SSSR count). The van der Waals surface area contributed by atoms with Gasteiger partial charge in [-0.3, -0.25) is 0 Å². The van der Waals surface area contributed by atoms with Crippen molar-refractivity contribution in [2.45, 2.75) is 13.0 Å². The summed E-state index contributed by atoms with van der Waals surface area (Å²) in [6.45, 7) is 5.49. The maximum atomic E-state index is 3.63. The smallest absolute Gasteiger partial charge is 0.113 e. The highest BCUT2D eigenvalue weighted by molar-refractivity contribution is 5.88. The minimum atomic E-state index is -0.0278. The van der Waals surface area contributed by atoms with Gasteiger partial charge in [0, 0.05) is 0 Å². The molecule has 3 nitrogen and oxygen atoms in total. The zero-order chi connectivity index (χ0) is 5.28. The van der Waals surface area contributed by atoms with Crippen LogP contribution in [0.2, 0.25) is 0 Å². The average molecular weight is 96.1 g/mol. The maximum Gasteiger partial charge on any atom is 0.113 e. The summed E-state index contributed by atoms with van der Waals surface area (Å²) in [5, 5.41) is 10.7. The number of hydrogen-bond acceptors (Lipinski definition) is 3. The van der Waals surface area contributed by atoms with Crippen molar-refractivity contribution < 1.29 is 0 Å². The molecular formula is C4H6N3. The summed E-state index contributed by atoms with van der Waals surface area (Å²) in [6.07, 6.45) is 0. The van der Waals surface area contributed by atoms with Gasteiger partial charge in [0.2, 0.25) is 0 Å². The van der Waals surface area contributed by atoms with E-state index in [0.29, 0.717) is 0 Å². The normalized spacial score (nSPS) is 28.3. The molecule has 0 N–H and O–H groups in total. The fourth-order valence-corrected chi connectivity index (χ4v) is 0.309. The Labute approximate surface area is 42.1 Å². The molecule has 0 fully saturated rings. The quantitative estimate of drug-likeness (QED) is 0.432. The molecule has 1 atom stereocenters. The van der Waals surface area contributed by atoms with Gasteiger partial charge in [-0.2, -0.15) is 5.11 Å². The summed E-state index contributed by atoms with van der Waals surface area (Å²) in [4.78, 5) is 0. The molecule has 0 aromatic heterocycles. The van der Waals surface area contributed by atoms with Crippen LogP contribution in [-0.4, -0.2) is 11.8 Å². The predicted octanol–water partition coefficient (Wildman–Crippen LogP) is 1.03. The second-order valence-corrected chi connectivity index (χ2v) is 1.46. The molecule has 37 valence electrons. The minimum Gasteiger partial charge on any atom is -0.159 e. The second kappa shape index (κ2) is 1.40. The largest absolute Gasteiger partial charge is 0.159 e. The molecule has 0 aromatic carbocycles. The molecule has 1 radical (unpaired) electrons. The molecule has 1 aliphatic heterocycles. The molecule has 0 aliphatic carbocycles. The Balaban J connectivity index is 2.69. The van der Waals surface area contributed by atoms with Crippen LogP contribution < -0.4 is 0 Å². The van der Waals surface area contributed by atoms with Crippen molar-refractivity contribution in [2.24, 2.45) is 15.4 Å². The predicted molar refractivity (Wildman–Crippen MR) is 27.1 cm³/mol. The summed E-state index contributed by atoms with van der Waals surface area (Å²) < 4.78 is 0. The molecule has 0 saturated carbocycles. The van der Waals surface area contributed by atoms with Gasteiger partial charge in [0.05, 0.1) is 5.71 Å². The fourth-order valence-electron chi connectivity index (χ4n) is 0.309. The zero-order valence-electron chi connectivity index (χ0n) is 4.13. The van der Waals surface area contributed by atoms with Gasteiger partial charge in [-0.25, -0.2) is 0 Å². The average Bonchev–Trinajstić information content (AvgIpc) is 1.91. The van der Waals surface area contributed by atoms with Crippen molar-refractivity contribution in [2.75, 3.05) is 0 Å². The second-order valence-electron chi connectivity index (χ2n) is 1.46. The molecule has 1 heterocycles. The highest BCUT2D eigenvalue weighted by atomic mass is 15.4. The molecule has 0 aromatic rings. The molecule has 1 aliphatic rings. The van der Waals surface area contributed by atoms with E-state index in [2.05, 4.69) is 22.4 Å². The van der Waals surface area contributed by atoms with Crippen molar-refractivity contribution >= 4 is 5.71 Å². The molecule has 7 heavy (non-hydrogen) atoms. The van der Waals surface area contributed by atoms with E-state index >= 15 is 0 Å². The van der Waals surface area contributed by atoms with Gasteiger partial charge < -0.3 is 0 Å². The van der Waals surface area contributed by atoms with E-state index in [-0.39, 0.29) is 6.04 Å². The van der Waals surface area contributed by atoms with E-state index in [4.69, 9.17) is 0 Å². The third kappa shape index (κ3) is 0.656. The topological polar surface area (TPSA) is 37.1 Å². The summed E-state index contributed by atoms with van der Waals surface area (Å²) in [7, 11) is 0. The van der Waals surface area contributed by atoms with E-state index in [1.807, 2.05) is 6.92 Å². The Morgan fingerprint density at radius 2 is 2.43 bits per heavy atom. The van der Waals surface area contributed by atoms with Crippen molar-refractivity contribution in [1.29, 1.82) is 0 Å². The molecule has 3 heteroatoms. The molecule has 0 amide bonds. The van der Waals surface area contributed by atoms with Gasteiger partial charge in [-0.1, -0.05) is 0 Å². The van der Waals surface area contributed by atoms with Gasteiger partial charge in [0.25, 0.3) is 0 Å². The van der Waals surface area contributed by atoms with E-state index < -0.39 is 0 Å². The van der Waals surface area contributed by atoms with Crippen LogP contribution in [0, 0.1) is 6.92 Å². The third-order valence-corrected chi connectivity index (χ3v) is 0.876. The number of hydrogen-bond donors (Lipinski definition) is 0. The van der Waals surface area contributed by atoms with E-state index in [1.54, 1.807) is 0 Å². The summed E-state index contributed by atoms with van der Waals surface area (Å²) >= 11 is 0. The van der Waals surface area contributed by atoms with Crippen LogP contribution in [0.25, 0.3) is 0 Å². The first-order valence-corrected chi connectivity index (χ1v) is 2.08.